The van der Waals surface area contributed by atoms with E-state index in [1.807, 2.05) is 13.8 Å². The van der Waals surface area contributed by atoms with E-state index in [-0.39, 0.29) is 82.0 Å². The lowest BCUT2D eigenvalue weighted by Crippen LogP contribution is -2.63. The van der Waals surface area contributed by atoms with Gasteiger partial charge in [0.25, 0.3) is 0 Å². The number of unbranched alkanes of at least 4 members (excludes halogenated alkanes) is 1. The van der Waals surface area contributed by atoms with Crippen LogP contribution < -0.4 is 80.6 Å². The van der Waals surface area contributed by atoms with Crippen molar-refractivity contribution in [1.29, 1.82) is 0 Å². The van der Waals surface area contributed by atoms with E-state index in [2.05, 4.69) is 74.1 Å². The van der Waals surface area contributed by atoms with Gasteiger partial charge in [-0.1, -0.05) is 151 Å². The Kier molecular flexibility index (Phi) is 34.6. The van der Waals surface area contributed by atoms with Gasteiger partial charge in [0.1, 0.15) is 72.2 Å². The predicted molar refractivity (Wildman–Crippen MR) is 427 cm³/mol. The second-order valence-corrected chi connectivity index (χ2v) is 30.9. The van der Waals surface area contributed by atoms with E-state index in [4.69, 9.17) is 11.5 Å². The molecular formula is C79H102N16O17S2. The Labute approximate surface area is 666 Å². The molecule has 114 heavy (non-hydrogen) atoms. The van der Waals surface area contributed by atoms with Crippen molar-refractivity contribution in [3.8, 4) is 5.75 Å². The Morgan fingerprint density at radius 3 is 1.64 bits per heavy atom. The van der Waals surface area contributed by atoms with E-state index in [1.54, 1.807) is 115 Å². The number of benzene rings is 5. The fourth-order valence-electron chi connectivity index (χ4n) is 12.6. The molecule has 35 heteroatoms. The maximum absolute atomic E-state index is 15.6. The fourth-order valence-corrected chi connectivity index (χ4v) is 14.9. The van der Waals surface area contributed by atoms with Crippen LogP contribution in [0.3, 0.4) is 0 Å². The average molecular weight is 1610 g/mol. The number of hydrogen-bond donors (Lipinski definition) is 20. The van der Waals surface area contributed by atoms with Crippen molar-refractivity contribution in [3.63, 3.8) is 0 Å². The number of phenols is 1. The number of para-hydroxylation sites is 1. The SMILES string of the molecule is CC(C)NCc1ccc(C[C@@H]2NC(=O)[C@@H](Cc3c[nH]c4ccccc34)NC(=O)[C@@H]3CC(=O)NCCC[C@H](NC(=O)[C@H](Cc4ccccc4)NC(=O)[C@@H]([C@@H](C)O)NC2=O)C(=O)N[C@@H](CO)C(=O)N[C@H](C(=O)O)CSSC[C@H](NC(=O)[C@@H](N)Cc2ccc(O)cc2)C(=O)N[C@@H](CCCCN)C(=O)N[C@@H](Cc2ccccc2)C(=O)N3)cc1. The molecule has 2 fully saturated rings. The molecule has 0 aliphatic carbocycles. The van der Waals surface area contributed by atoms with Crippen LogP contribution in [0.1, 0.15) is 92.7 Å². The number of phenolic OH excluding ortho intramolecular Hbond substituents is 1. The number of carbonyl (C=O) groups excluding carboxylic acids is 12. The third kappa shape index (κ3) is 27.7. The summed E-state index contributed by atoms with van der Waals surface area (Å²) in [6, 6.07) is 16.5. The lowest BCUT2D eigenvalue weighted by Gasteiger charge is -2.29. The second-order valence-electron chi connectivity index (χ2n) is 28.4. The molecular weight excluding hydrogens is 1510 g/mol. The highest BCUT2D eigenvalue weighted by molar-refractivity contribution is 8.76. The van der Waals surface area contributed by atoms with Gasteiger partial charge in [-0.05, 0) is 104 Å². The van der Waals surface area contributed by atoms with Crippen molar-refractivity contribution in [3.05, 3.63) is 173 Å². The van der Waals surface area contributed by atoms with Crippen LogP contribution in [0.25, 0.3) is 10.9 Å². The molecule has 13 atom stereocenters. The Morgan fingerprint density at radius 2 is 1.04 bits per heavy atom. The van der Waals surface area contributed by atoms with E-state index in [1.165, 1.54) is 31.2 Å². The zero-order valence-electron chi connectivity index (χ0n) is 63.5. The van der Waals surface area contributed by atoms with Gasteiger partial charge in [-0.25, -0.2) is 4.79 Å². The lowest BCUT2D eigenvalue weighted by atomic mass is 9.99. The van der Waals surface area contributed by atoms with Gasteiger partial charge < -0.3 is 106 Å². The highest BCUT2D eigenvalue weighted by atomic mass is 33.1. The van der Waals surface area contributed by atoms with Gasteiger partial charge in [-0.2, -0.15) is 0 Å². The first-order valence-corrected chi connectivity index (χ1v) is 40.2. The van der Waals surface area contributed by atoms with Crippen LogP contribution in [0.4, 0.5) is 0 Å². The monoisotopic (exact) mass is 1610 g/mol. The average Bonchev–Trinajstić information content (AvgIpc) is 1.60. The summed E-state index contributed by atoms with van der Waals surface area (Å²) < 4.78 is 0. The molecule has 2 aliphatic heterocycles. The number of aliphatic hydroxyl groups is 2. The van der Waals surface area contributed by atoms with Gasteiger partial charge in [0, 0.05) is 73.4 Å². The van der Waals surface area contributed by atoms with Crippen molar-refractivity contribution >= 4 is 109 Å². The molecule has 0 radical (unpaired) electrons. The molecule has 12 amide bonds. The van der Waals surface area contributed by atoms with Crippen molar-refractivity contribution in [2.24, 2.45) is 11.5 Å². The summed E-state index contributed by atoms with van der Waals surface area (Å²) in [6.45, 7) is 4.29. The normalized spacial score (nSPS) is 23.5. The summed E-state index contributed by atoms with van der Waals surface area (Å²) in [6.07, 6.45) is -2.41. The molecule has 33 nitrogen and oxygen atoms in total. The number of H-pyrrole nitrogens is 1. The molecule has 3 heterocycles. The van der Waals surface area contributed by atoms with Crippen molar-refractivity contribution < 1.29 is 82.8 Å². The largest absolute Gasteiger partial charge is 0.508 e. The maximum atomic E-state index is 15.6. The minimum Gasteiger partial charge on any atom is -0.508 e. The maximum Gasteiger partial charge on any atom is 0.327 e. The number of nitrogens with two attached hydrogens (primary N) is 2. The summed E-state index contributed by atoms with van der Waals surface area (Å²) >= 11 is 0. The van der Waals surface area contributed by atoms with Gasteiger partial charge in [-0.15, -0.1) is 0 Å². The van der Waals surface area contributed by atoms with Crippen LogP contribution in [-0.2, 0) is 101 Å². The molecule has 0 spiro atoms. The number of hydrogen-bond acceptors (Lipinski definition) is 21. The third-order valence-corrected chi connectivity index (χ3v) is 21.4. The van der Waals surface area contributed by atoms with Crippen LogP contribution in [0.2, 0.25) is 0 Å². The van der Waals surface area contributed by atoms with Crippen molar-refractivity contribution in [1.82, 2.24) is 74.1 Å². The van der Waals surface area contributed by atoms with Gasteiger partial charge in [-0.3, -0.25) is 57.5 Å². The molecule has 8 rings (SSSR count). The van der Waals surface area contributed by atoms with Gasteiger partial charge in [0.15, 0.2) is 0 Å². The first kappa shape index (κ1) is 88.6. The highest BCUT2D eigenvalue weighted by Gasteiger charge is 2.39. The smallest absolute Gasteiger partial charge is 0.327 e. The number of amides is 12. The number of carboxylic acids is 1. The standard InChI is InChI=1S/C79H102N16O17S2/c1-44(2)83-39-50-25-23-49(24-26-50)36-60-75(107)95-67(45(3)97)78(110)91-59(35-47-17-8-5-9-18-47)71(103)85-57-22-14-32-82-66(99)38-62(74(106)89-61(73(105)88-60)37-51-40-84-55-20-11-10-19-53(51)55)90-72(104)58(34-46-15-6-4-7-16-46)87-69(101)56(21-12-13-31-80)86-77(109)64(93-68(100)54(81)33-48-27-29-52(98)30-28-48)42-113-114-43-65(79(111)112)94-76(108)63(41-96)92-70(57)102/h4-11,15-20,23-30,40,44-45,54,56-65,67,83-84,96-98H,12-14,21-22,31-39,41-43,80-81H2,1-3H3,(H,82,99)(H,85,103)(H,86,109)(H,87,101)(H,88,105)(H,89,106)(H,90,104)(H,91,110)(H,92,102)(H,93,100)(H,94,108)(H,95,107)(H,111,112)/t45-,54+,56+,57+,58+,59+,60+,61-,62+,63+,64+,65+,67-/m1/s1. The Hall–Kier alpha value is -11.0. The molecule has 2 saturated heterocycles. The van der Waals surface area contributed by atoms with E-state index < -0.39 is 181 Å². The molecule has 0 unspecified atom stereocenters. The topological polar surface area (TPSA) is 527 Å². The number of aromatic nitrogens is 1. The number of aliphatic carboxylic acids is 1. The van der Waals surface area contributed by atoms with E-state index >= 15 is 28.8 Å². The van der Waals surface area contributed by atoms with E-state index in [9.17, 15) is 54.0 Å². The number of aromatic hydroxyl groups is 1. The molecule has 6 aromatic rings. The highest BCUT2D eigenvalue weighted by Crippen LogP contribution is 2.25. The molecule has 612 valence electrons. The fraction of sp³-hybridized carbons (Fsp3) is 0.430. The summed E-state index contributed by atoms with van der Waals surface area (Å²) in [5.74, 6) is -14.9. The zero-order valence-corrected chi connectivity index (χ0v) is 65.1. The zero-order chi connectivity index (χ0) is 82.4. The predicted octanol–water partition coefficient (Wildman–Crippen LogP) is -1.17. The lowest BCUT2D eigenvalue weighted by molar-refractivity contribution is -0.142. The van der Waals surface area contributed by atoms with Gasteiger partial charge >= 0.3 is 5.97 Å². The summed E-state index contributed by atoms with van der Waals surface area (Å²) in [7, 11) is 1.68. The number of aliphatic hydroxyl groups excluding tert-OH is 2. The summed E-state index contributed by atoms with van der Waals surface area (Å²) in [5, 5.41) is 77.9. The number of carboxylic acid groups (broad SMARTS) is 1. The minimum atomic E-state index is -1.94. The first-order chi connectivity index (χ1) is 54.6. The Morgan fingerprint density at radius 1 is 0.535 bits per heavy atom. The van der Waals surface area contributed by atoms with Crippen LogP contribution in [0.15, 0.2) is 140 Å². The Bertz CT molecular complexity index is 4280. The van der Waals surface area contributed by atoms with Crippen molar-refractivity contribution in [2.75, 3.05) is 31.2 Å². The van der Waals surface area contributed by atoms with Crippen LogP contribution in [0.5, 0.6) is 5.75 Å². The van der Waals surface area contributed by atoms with Crippen LogP contribution in [0, 0.1) is 0 Å². The molecule has 2 bridgehead atoms. The van der Waals surface area contributed by atoms with Crippen molar-refractivity contribution in [2.45, 2.75) is 183 Å². The first-order valence-electron chi connectivity index (χ1n) is 37.7. The number of fused-ring (bicyclic) bond motifs is 8. The van der Waals surface area contributed by atoms with Crippen LogP contribution in [-0.4, -0.2) is 218 Å². The molecule has 0 saturated carbocycles. The number of carbonyl (C=O) groups is 13. The quantitative estimate of drug-likeness (QED) is 0.0281. The summed E-state index contributed by atoms with van der Waals surface area (Å²) in [5.41, 5.74) is 16.3. The molecule has 22 N–H and O–H groups in total. The van der Waals surface area contributed by atoms with Gasteiger partial charge in [0.2, 0.25) is 70.9 Å². The van der Waals surface area contributed by atoms with E-state index in [0.717, 1.165) is 27.2 Å². The number of nitrogens with one attached hydrogen (secondary N) is 14. The van der Waals surface area contributed by atoms with Crippen LogP contribution >= 0.6 is 21.6 Å². The third-order valence-electron chi connectivity index (χ3n) is 19.0. The summed E-state index contributed by atoms with van der Waals surface area (Å²) in [4.78, 5) is 195. The molecule has 1 aromatic heterocycles. The second kappa shape index (κ2) is 44.5. The molecule has 2 aliphatic rings. The number of rotatable bonds is 22. The van der Waals surface area contributed by atoms with E-state index in [0.29, 0.717) is 51.7 Å². The number of aromatic amines is 1. The molecule has 5 aromatic carbocycles. The Balaban J connectivity index is 1.25. The minimum absolute atomic E-state index is 0.0538. The van der Waals surface area contributed by atoms with Gasteiger partial charge in [0.05, 0.1) is 25.2 Å².